The predicted octanol–water partition coefficient (Wildman–Crippen LogP) is 1.39. The highest BCUT2D eigenvalue weighted by molar-refractivity contribution is 5.56. The van der Waals surface area contributed by atoms with Crippen molar-refractivity contribution in [3.8, 4) is 0 Å². The molecule has 1 aromatic heterocycles. The van der Waals surface area contributed by atoms with Gasteiger partial charge in [-0.3, -0.25) is 10.1 Å². The van der Waals surface area contributed by atoms with Crippen LogP contribution in [-0.2, 0) is 0 Å². The smallest absolute Gasteiger partial charge is 0.329 e. The first-order valence-electron chi connectivity index (χ1n) is 6.77. The molecule has 8 heteroatoms. The minimum Gasteiger partial charge on any atom is -0.393 e. The Morgan fingerprint density at radius 3 is 2.90 bits per heavy atom. The Kier molecular flexibility index (Phi) is 4.67. The minimum absolute atomic E-state index is 0.134. The number of nitrogens with zero attached hydrogens (tertiary/aromatic N) is 3. The normalized spacial score (nSPS) is 21.7. The number of anilines is 2. The highest BCUT2D eigenvalue weighted by atomic mass is 16.6. The van der Waals surface area contributed by atoms with Crippen LogP contribution in [0.1, 0.15) is 26.2 Å². The average Bonchev–Trinajstić information content (AvgIpc) is 2.82. The second-order valence-corrected chi connectivity index (χ2v) is 4.93. The molecule has 2 unspecified atom stereocenters. The van der Waals surface area contributed by atoms with Gasteiger partial charge >= 0.3 is 5.69 Å². The van der Waals surface area contributed by atoms with Crippen molar-refractivity contribution in [3.05, 3.63) is 16.3 Å². The molecule has 8 nitrogen and oxygen atoms in total. The lowest BCUT2D eigenvalue weighted by atomic mass is 10.1. The molecule has 1 aromatic rings. The third kappa shape index (κ3) is 3.53. The summed E-state index contributed by atoms with van der Waals surface area (Å²) in [4.78, 5) is 18.5. The molecule has 0 aliphatic heterocycles. The van der Waals surface area contributed by atoms with Crippen LogP contribution in [0.15, 0.2) is 6.20 Å². The van der Waals surface area contributed by atoms with Gasteiger partial charge in [-0.25, -0.2) is 4.98 Å². The summed E-state index contributed by atoms with van der Waals surface area (Å²) in [6.45, 7) is 3.12. The van der Waals surface area contributed by atoms with E-state index in [0.717, 1.165) is 19.3 Å². The van der Waals surface area contributed by atoms with Crippen molar-refractivity contribution in [3.63, 3.8) is 0 Å². The molecule has 0 saturated heterocycles. The largest absolute Gasteiger partial charge is 0.393 e. The van der Waals surface area contributed by atoms with Crippen molar-refractivity contribution in [1.29, 1.82) is 0 Å². The summed E-state index contributed by atoms with van der Waals surface area (Å²) >= 11 is 0. The van der Waals surface area contributed by atoms with E-state index in [-0.39, 0.29) is 17.6 Å². The summed E-state index contributed by atoms with van der Waals surface area (Å²) in [5.41, 5.74) is -0.134. The number of aromatic nitrogens is 2. The molecule has 2 atom stereocenters. The van der Waals surface area contributed by atoms with Crippen LogP contribution >= 0.6 is 0 Å². The third-order valence-corrected chi connectivity index (χ3v) is 3.37. The maximum Gasteiger partial charge on any atom is 0.329 e. The standard InChI is InChI=1S/C12H19N5O3/c1-2-13-12-15-7-10(17(19)20)11(16-12)14-6-8-3-4-9(18)5-8/h7-9,18H,2-6H2,1H3,(H2,13,14,15,16). The maximum absolute atomic E-state index is 11.0. The number of aliphatic hydroxyl groups excluding tert-OH is 1. The van der Waals surface area contributed by atoms with Gasteiger partial charge in [0.1, 0.15) is 6.20 Å². The van der Waals surface area contributed by atoms with E-state index in [9.17, 15) is 15.2 Å². The Hall–Kier alpha value is -1.96. The number of rotatable bonds is 6. The molecule has 1 aliphatic carbocycles. The van der Waals surface area contributed by atoms with E-state index in [4.69, 9.17) is 0 Å². The summed E-state index contributed by atoms with van der Waals surface area (Å²) in [6.07, 6.45) is 3.40. The molecule has 2 rings (SSSR count). The second-order valence-electron chi connectivity index (χ2n) is 4.93. The van der Waals surface area contributed by atoms with E-state index >= 15 is 0 Å². The van der Waals surface area contributed by atoms with Crippen LogP contribution < -0.4 is 10.6 Å². The fraction of sp³-hybridized carbons (Fsp3) is 0.667. The Balaban J connectivity index is 2.07. The number of hydrogen-bond donors (Lipinski definition) is 3. The van der Waals surface area contributed by atoms with Crippen molar-refractivity contribution < 1.29 is 10.0 Å². The van der Waals surface area contributed by atoms with Crippen LogP contribution in [0, 0.1) is 16.0 Å². The van der Waals surface area contributed by atoms with Gasteiger partial charge < -0.3 is 15.7 Å². The molecule has 1 fully saturated rings. The molecule has 20 heavy (non-hydrogen) atoms. The summed E-state index contributed by atoms with van der Waals surface area (Å²) < 4.78 is 0. The maximum atomic E-state index is 11.0. The van der Waals surface area contributed by atoms with E-state index in [0.29, 0.717) is 25.0 Å². The summed E-state index contributed by atoms with van der Waals surface area (Å²) in [5.74, 6) is 0.913. The number of aliphatic hydroxyl groups is 1. The zero-order valence-electron chi connectivity index (χ0n) is 11.4. The summed E-state index contributed by atoms with van der Waals surface area (Å²) in [7, 11) is 0. The molecule has 0 spiro atoms. The van der Waals surface area contributed by atoms with Gasteiger partial charge in [0.05, 0.1) is 11.0 Å². The lowest BCUT2D eigenvalue weighted by Crippen LogP contribution is -2.15. The van der Waals surface area contributed by atoms with Gasteiger partial charge in [0.15, 0.2) is 0 Å². The lowest BCUT2D eigenvalue weighted by molar-refractivity contribution is -0.384. The molecule has 3 N–H and O–H groups in total. The lowest BCUT2D eigenvalue weighted by Gasteiger charge is -2.12. The highest BCUT2D eigenvalue weighted by Crippen LogP contribution is 2.27. The third-order valence-electron chi connectivity index (χ3n) is 3.37. The molecular weight excluding hydrogens is 262 g/mol. The summed E-state index contributed by atoms with van der Waals surface area (Å²) in [6, 6.07) is 0. The Labute approximate surface area is 116 Å². The van der Waals surface area contributed by atoms with Crippen molar-refractivity contribution in [2.45, 2.75) is 32.3 Å². The van der Waals surface area contributed by atoms with Crippen molar-refractivity contribution in [2.24, 2.45) is 5.92 Å². The van der Waals surface area contributed by atoms with Gasteiger partial charge in [-0.05, 0) is 32.1 Å². The zero-order valence-corrected chi connectivity index (χ0v) is 11.4. The number of nitro groups is 1. The van der Waals surface area contributed by atoms with Gasteiger partial charge in [-0.1, -0.05) is 0 Å². The molecule has 0 amide bonds. The number of nitrogens with one attached hydrogen (secondary N) is 2. The van der Waals surface area contributed by atoms with Crippen molar-refractivity contribution in [2.75, 3.05) is 23.7 Å². The number of hydrogen-bond acceptors (Lipinski definition) is 7. The van der Waals surface area contributed by atoms with E-state index < -0.39 is 4.92 Å². The van der Waals surface area contributed by atoms with E-state index in [1.807, 2.05) is 6.92 Å². The molecule has 1 aliphatic rings. The van der Waals surface area contributed by atoms with Crippen LogP contribution in [0.2, 0.25) is 0 Å². The molecule has 1 saturated carbocycles. The Bertz CT molecular complexity index is 482. The van der Waals surface area contributed by atoms with E-state index in [1.54, 1.807) is 0 Å². The van der Waals surface area contributed by atoms with Gasteiger partial charge in [0, 0.05) is 13.1 Å². The quantitative estimate of drug-likeness (QED) is 0.533. The monoisotopic (exact) mass is 281 g/mol. The van der Waals surface area contributed by atoms with E-state index in [2.05, 4.69) is 20.6 Å². The topological polar surface area (TPSA) is 113 Å². The van der Waals surface area contributed by atoms with Crippen molar-refractivity contribution >= 4 is 17.5 Å². The SMILES string of the molecule is CCNc1ncc([N+](=O)[O-])c(NCC2CCC(O)C2)n1. The first-order valence-corrected chi connectivity index (χ1v) is 6.77. The van der Waals surface area contributed by atoms with Gasteiger partial charge in [-0.15, -0.1) is 0 Å². The first kappa shape index (κ1) is 14.4. The van der Waals surface area contributed by atoms with Crippen molar-refractivity contribution in [1.82, 2.24) is 9.97 Å². The molecule has 0 aromatic carbocycles. The molecule has 0 radical (unpaired) electrons. The zero-order chi connectivity index (χ0) is 14.5. The van der Waals surface area contributed by atoms with Gasteiger partial charge in [-0.2, -0.15) is 4.98 Å². The second kappa shape index (κ2) is 6.47. The fourth-order valence-corrected chi connectivity index (χ4v) is 2.36. The van der Waals surface area contributed by atoms with Crippen LogP contribution in [-0.4, -0.2) is 39.2 Å². The van der Waals surface area contributed by atoms with Gasteiger partial charge in [0.2, 0.25) is 11.8 Å². The first-order chi connectivity index (χ1) is 9.60. The Morgan fingerprint density at radius 2 is 2.30 bits per heavy atom. The predicted molar refractivity (Wildman–Crippen MR) is 74.7 cm³/mol. The van der Waals surface area contributed by atoms with Crippen LogP contribution in [0.25, 0.3) is 0 Å². The van der Waals surface area contributed by atoms with Crippen LogP contribution in [0.3, 0.4) is 0 Å². The average molecular weight is 281 g/mol. The van der Waals surface area contributed by atoms with Crippen LogP contribution in [0.5, 0.6) is 0 Å². The van der Waals surface area contributed by atoms with Crippen LogP contribution in [0.4, 0.5) is 17.5 Å². The highest BCUT2D eigenvalue weighted by Gasteiger charge is 2.24. The van der Waals surface area contributed by atoms with Gasteiger partial charge in [0.25, 0.3) is 0 Å². The molecule has 110 valence electrons. The minimum atomic E-state index is -0.498. The van der Waals surface area contributed by atoms with E-state index in [1.165, 1.54) is 6.20 Å². The summed E-state index contributed by atoms with van der Waals surface area (Å²) in [5, 5.41) is 26.4. The molecular formula is C12H19N5O3. The molecule has 0 bridgehead atoms. The Morgan fingerprint density at radius 1 is 1.50 bits per heavy atom. The fourth-order valence-electron chi connectivity index (χ4n) is 2.36. The molecule has 1 heterocycles.